The number of ether oxygens (including phenoxy) is 1. The molecule has 0 aliphatic carbocycles. The lowest BCUT2D eigenvalue weighted by atomic mass is 9.99. The molecule has 0 fully saturated rings. The van der Waals surface area contributed by atoms with E-state index < -0.39 is 0 Å². The molecule has 0 N–H and O–H groups in total. The maximum absolute atomic E-state index is 11.4. The number of hydrogen-bond donors (Lipinski definition) is 0. The summed E-state index contributed by atoms with van der Waals surface area (Å²) in [4.78, 5) is 11.4. The van der Waals surface area contributed by atoms with Gasteiger partial charge in [-0.25, -0.2) is 0 Å². The molecule has 0 radical (unpaired) electrons. The highest BCUT2D eigenvalue weighted by Crippen LogP contribution is 2.16. The lowest BCUT2D eigenvalue weighted by Gasteiger charge is -2.06. The van der Waals surface area contributed by atoms with Crippen LogP contribution in [0.5, 0.6) is 0 Å². The average molecular weight is 373 g/mol. The van der Waals surface area contributed by atoms with Crippen LogP contribution in [0.1, 0.15) is 102 Å². The van der Waals surface area contributed by atoms with Crippen LogP contribution in [0.15, 0.2) is 30.3 Å². The number of hydrogen-bond acceptors (Lipinski definition) is 2. The number of allylic oxidation sites excluding steroid dienone is 1. The Kier molecular flexibility index (Phi) is 14.4. The predicted molar refractivity (Wildman–Crippen MR) is 117 cm³/mol. The van der Waals surface area contributed by atoms with Gasteiger partial charge in [-0.2, -0.15) is 0 Å². The molecule has 0 saturated carbocycles. The van der Waals surface area contributed by atoms with Crippen molar-refractivity contribution in [3.05, 3.63) is 41.5 Å². The molecule has 0 heterocycles. The second-order valence-corrected chi connectivity index (χ2v) is 7.38. The summed E-state index contributed by atoms with van der Waals surface area (Å²) in [5.41, 5.74) is 2.71. The van der Waals surface area contributed by atoms with Crippen molar-refractivity contribution >= 4 is 12.0 Å². The molecule has 0 aliphatic heterocycles. The van der Waals surface area contributed by atoms with Crippen LogP contribution in [0.3, 0.4) is 0 Å². The number of benzene rings is 1. The fourth-order valence-corrected chi connectivity index (χ4v) is 3.37. The Morgan fingerprint density at radius 2 is 1.52 bits per heavy atom. The van der Waals surface area contributed by atoms with Gasteiger partial charge in [0, 0.05) is 6.42 Å². The Morgan fingerprint density at radius 1 is 0.889 bits per heavy atom. The Labute approximate surface area is 167 Å². The zero-order chi connectivity index (χ0) is 19.6. The summed E-state index contributed by atoms with van der Waals surface area (Å²) in [6.07, 6.45) is 20.3. The number of carbonyl (C=O) groups is 1. The third kappa shape index (κ3) is 12.4. The van der Waals surface area contributed by atoms with Gasteiger partial charge in [0.2, 0.25) is 0 Å². The van der Waals surface area contributed by atoms with Gasteiger partial charge in [-0.15, -0.1) is 0 Å². The maximum atomic E-state index is 11.4. The van der Waals surface area contributed by atoms with Crippen molar-refractivity contribution < 1.29 is 9.53 Å². The van der Waals surface area contributed by atoms with Gasteiger partial charge in [-0.1, -0.05) is 101 Å². The molecule has 0 atom stereocenters. The van der Waals surface area contributed by atoms with E-state index in [0.717, 1.165) is 12.8 Å². The highest BCUT2D eigenvalue weighted by Gasteiger charge is 2.01. The minimum Gasteiger partial charge on any atom is -0.466 e. The normalized spacial score (nSPS) is 11.2. The lowest BCUT2D eigenvalue weighted by molar-refractivity contribution is -0.142. The van der Waals surface area contributed by atoms with Gasteiger partial charge in [-0.3, -0.25) is 4.79 Å². The molecule has 0 saturated heterocycles. The van der Waals surface area contributed by atoms with Crippen LogP contribution in [0.25, 0.3) is 6.08 Å². The summed E-state index contributed by atoms with van der Waals surface area (Å²) in [6, 6.07) is 8.62. The Hall–Kier alpha value is -1.57. The van der Waals surface area contributed by atoms with Crippen molar-refractivity contribution in [3.63, 3.8) is 0 Å². The summed E-state index contributed by atoms with van der Waals surface area (Å²) in [5.74, 6) is -0.110. The SMILES string of the molecule is CCCCCCCCCCCCc1ccccc1/C=C/CCC(=O)OCC. The molecule has 1 aromatic carbocycles. The summed E-state index contributed by atoms with van der Waals surface area (Å²) in [6.45, 7) is 4.58. The first-order valence-electron chi connectivity index (χ1n) is 11.2. The first-order valence-corrected chi connectivity index (χ1v) is 11.2. The zero-order valence-corrected chi connectivity index (χ0v) is 17.7. The Balaban J connectivity index is 2.19. The van der Waals surface area contributed by atoms with E-state index in [0.29, 0.717) is 13.0 Å². The van der Waals surface area contributed by atoms with Crippen LogP contribution < -0.4 is 0 Å². The largest absolute Gasteiger partial charge is 0.466 e. The molecule has 0 bridgehead atoms. The van der Waals surface area contributed by atoms with Crippen molar-refractivity contribution in [2.45, 2.75) is 97.3 Å². The summed E-state index contributed by atoms with van der Waals surface area (Å²) >= 11 is 0. The fraction of sp³-hybridized carbons (Fsp3) is 0.640. The first-order chi connectivity index (χ1) is 13.3. The monoisotopic (exact) mass is 372 g/mol. The molecule has 0 amide bonds. The molecule has 1 rings (SSSR count). The smallest absolute Gasteiger partial charge is 0.306 e. The van der Waals surface area contributed by atoms with Crippen LogP contribution in [0.2, 0.25) is 0 Å². The Bertz CT molecular complexity index is 519. The summed E-state index contributed by atoms with van der Waals surface area (Å²) in [7, 11) is 0. The maximum Gasteiger partial charge on any atom is 0.306 e. The van der Waals surface area contributed by atoms with E-state index in [1.165, 1.54) is 75.3 Å². The molecule has 2 heteroatoms. The van der Waals surface area contributed by atoms with Crippen LogP contribution in [0, 0.1) is 0 Å². The standard InChI is InChI=1S/C25H40O2/c1-3-5-6-7-8-9-10-11-12-13-18-23-19-14-15-20-24(23)21-16-17-22-25(26)27-4-2/h14-16,19-21H,3-13,17-18,22H2,1-2H3/b21-16+. The van der Waals surface area contributed by atoms with Gasteiger partial charge in [0.1, 0.15) is 0 Å². The van der Waals surface area contributed by atoms with E-state index >= 15 is 0 Å². The van der Waals surface area contributed by atoms with Gasteiger partial charge in [0.15, 0.2) is 0 Å². The molecule has 0 aliphatic rings. The van der Waals surface area contributed by atoms with Gasteiger partial charge in [0.25, 0.3) is 0 Å². The van der Waals surface area contributed by atoms with Gasteiger partial charge < -0.3 is 4.74 Å². The minimum atomic E-state index is -0.110. The zero-order valence-electron chi connectivity index (χ0n) is 17.7. The second kappa shape index (κ2) is 16.6. The predicted octanol–water partition coefficient (Wildman–Crippen LogP) is 7.51. The molecule has 0 spiro atoms. The molecule has 2 nitrogen and oxygen atoms in total. The van der Waals surface area contributed by atoms with Gasteiger partial charge in [0.05, 0.1) is 6.61 Å². The number of rotatable bonds is 16. The third-order valence-corrected chi connectivity index (χ3v) is 4.97. The van der Waals surface area contributed by atoms with E-state index in [9.17, 15) is 4.79 Å². The molecular weight excluding hydrogens is 332 g/mol. The summed E-state index contributed by atoms with van der Waals surface area (Å²) in [5, 5.41) is 0. The second-order valence-electron chi connectivity index (χ2n) is 7.38. The minimum absolute atomic E-state index is 0.110. The fourth-order valence-electron chi connectivity index (χ4n) is 3.37. The molecular formula is C25H40O2. The van der Waals surface area contributed by atoms with Crippen LogP contribution in [-0.4, -0.2) is 12.6 Å². The van der Waals surface area contributed by atoms with E-state index in [-0.39, 0.29) is 5.97 Å². The third-order valence-electron chi connectivity index (χ3n) is 4.97. The van der Waals surface area contributed by atoms with Crippen molar-refractivity contribution in [3.8, 4) is 0 Å². The van der Waals surface area contributed by atoms with Crippen molar-refractivity contribution in [1.82, 2.24) is 0 Å². The van der Waals surface area contributed by atoms with Gasteiger partial charge >= 0.3 is 5.97 Å². The lowest BCUT2D eigenvalue weighted by Crippen LogP contribution is -2.02. The molecule has 27 heavy (non-hydrogen) atoms. The highest BCUT2D eigenvalue weighted by molar-refractivity contribution is 5.69. The number of carbonyl (C=O) groups excluding carboxylic acids is 1. The van der Waals surface area contributed by atoms with Gasteiger partial charge in [-0.05, 0) is 37.3 Å². The topological polar surface area (TPSA) is 26.3 Å². The van der Waals surface area contributed by atoms with E-state index in [1.807, 2.05) is 6.92 Å². The first kappa shape index (κ1) is 23.5. The number of aryl methyl sites for hydroxylation is 1. The Morgan fingerprint density at radius 3 is 2.19 bits per heavy atom. The summed E-state index contributed by atoms with van der Waals surface area (Å²) < 4.78 is 4.96. The van der Waals surface area contributed by atoms with E-state index in [1.54, 1.807) is 0 Å². The number of esters is 1. The van der Waals surface area contributed by atoms with Crippen LogP contribution in [-0.2, 0) is 16.0 Å². The molecule has 0 unspecified atom stereocenters. The van der Waals surface area contributed by atoms with Crippen LogP contribution in [0.4, 0.5) is 0 Å². The van der Waals surface area contributed by atoms with Crippen molar-refractivity contribution in [2.24, 2.45) is 0 Å². The van der Waals surface area contributed by atoms with E-state index in [4.69, 9.17) is 4.74 Å². The van der Waals surface area contributed by atoms with Crippen LogP contribution >= 0.6 is 0 Å². The average Bonchev–Trinajstić information content (AvgIpc) is 2.68. The highest BCUT2D eigenvalue weighted by atomic mass is 16.5. The van der Waals surface area contributed by atoms with Crippen molar-refractivity contribution in [1.29, 1.82) is 0 Å². The number of unbranched alkanes of at least 4 members (excludes halogenated alkanes) is 9. The molecule has 1 aromatic rings. The molecule has 152 valence electrons. The van der Waals surface area contributed by atoms with Crippen molar-refractivity contribution in [2.75, 3.05) is 6.61 Å². The quantitative estimate of drug-likeness (QED) is 0.222. The van der Waals surface area contributed by atoms with E-state index in [2.05, 4.69) is 43.3 Å². The molecule has 0 aromatic heterocycles.